The van der Waals surface area contributed by atoms with Crippen molar-refractivity contribution in [2.24, 2.45) is 0 Å². The summed E-state index contributed by atoms with van der Waals surface area (Å²) in [6, 6.07) is 9.78. The molecule has 0 amide bonds. The molecule has 0 aliphatic carbocycles. The van der Waals surface area contributed by atoms with Crippen LogP contribution in [0.2, 0.25) is 0 Å². The van der Waals surface area contributed by atoms with Crippen molar-refractivity contribution in [3.8, 4) is 17.2 Å². The summed E-state index contributed by atoms with van der Waals surface area (Å²) < 4.78 is 22.6. The van der Waals surface area contributed by atoms with Crippen molar-refractivity contribution in [1.82, 2.24) is 13.7 Å². The molecule has 0 N–H and O–H groups in total. The minimum atomic E-state index is -4.14. The predicted molar refractivity (Wildman–Crippen MR) is 131 cm³/mol. The first-order valence-corrected chi connectivity index (χ1v) is 15.6. The normalized spacial score (nSPS) is 10.7. The molecule has 0 spiro atoms. The summed E-state index contributed by atoms with van der Waals surface area (Å²) in [6.45, 7) is 7.54. The molecule has 34 heavy (non-hydrogen) atoms. The van der Waals surface area contributed by atoms with Crippen molar-refractivity contribution in [2.75, 3.05) is 0 Å². The molecule has 0 aromatic carbocycles. The van der Waals surface area contributed by atoms with Gasteiger partial charge in [-0.15, -0.1) is 0 Å². The van der Waals surface area contributed by atoms with E-state index in [4.69, 9.17) is 8.56 Å². The molecule has 0 radical (unpaired) electrons. The first kappa shape index (κ1) is 25.7. The topological polar surface area (TPSA) is 93.7 Å². The molecule has 0 aliphatic rings. The molecule has 9 nitrogen and oxygen atoms in total. The van der Waals surface area contributed by atoms with Crippen molar-refractivity contribution in [3.05, 3.63) is 86.1 Å². The number of pyridine rings is 3. The van der Waals surface area contributed by atoms with Gasteiger partial charge in [0.15, 0.2) is 0 Å². The van der Waals surface area contributed by atoms with Crippen LogP contribution >= 0.6 is 0 Å². The SMILES string of the molecule is CCCn1cccc([O][In]([O]c2cccn(CCC)c2=O)[O]c2cccn(CCC)c2=O)c1=O. The van der Waals surface area contributed by atoms with Crippen molar-refractivity contribution in [1.29, 1.82) is 0 Å². The van der Waals surface area contributed by atoms with Gasteiger partial charge in [-0.2, -0.15) is 0 Å². The standard InChI is InChI=1S/3C8H11NO2.In/c3*1-2-5-9-6-3-4-7(10)8(9)11;/h3*3-4,6,10H,2,5H2,1H3;/q;;;+3/p-3. The summed E-state index contributed by atoms with van der Waals surface area (Å²) in [5.41, 5.74) is -0.941. The number of hydrogen-bond acceptors (Lipinski definition) is 6. The summed E-state index contributed by atoms with van der Waals surface area (Å²) >= 11 is -4.14. The zero-order chi connectivity index (χ0) is 24.5. The molecule has 3 aromatic heterocycles. The second-order valence-corrected chi connectivity index (χ2v) is 11.4. The van der Waals surface area contributed by atoms with Crippen LogP contribution in [0.5, 0.6) is 17.2 Å². The first-order valence-electron chi connectivity index (χ1n) is 11.6. The second-order valence-electron chi connectivity index (χ2n) is 7.76. The van der Waals surface area contributed by atoms with E-state index in [1.165, 1.54) is 0 Å². The second kappa shape index (κ2) is 12.5. The Labute approximate surface area is 207 Å². The Balaban J connectivity index is 1.98. The number of hydrogen-bond donors (Lipinski definition) is 0. The van der Waals surface area contributed by atoms with Gasteiger partial charge in [0.2, 0.25) is 0 Å². The zero-order valence-corrected chi connectivity index (χ0v) is 23.1. The molecule has 10 heteroatoms. The molecule has 0 aliphatic heterocycles. The Hall–Kier alpha value is -2.88. The van der Waals surface area contributed by atoms with Gasteiger partial charge in [-0.05, 0) is 0 Å². The van der Waals surface area contributed by atoms with Crippen LogP contribution in [0.1, 0.15) is 40.0 Å². The van der Waals surface area contributed by atoms with Gasteiger partial charge in [0, 0.05) is 0 Å². The molecule has 0 fully saturated rings. The maximum absolute atomic E-state index is 12.8. The van der Waals surface area contributed by atoms with Gasteiger partial charge in [0.1, 0.15) is 0 Å². The van der Waals surface area contributed by atoms with Gasteiger partial charge in [-0.25, -0.2) is 0 Å². The van der Waals surface area contributed by atoms with Crippen LogP contribution in [-0.4, -0.2) is 36.4 Å². The Morgan fingerprint density at radius 2 is 0.882 bits per heavy atom. The number of aryl methyl sites for hydroxylation is 3. The fourth-order valence-electron chi connectivity index (χ4n) is 3.45. The third-order valence-electron chi connectivity index (χ3n) is 5.02. The Morgan fingerprint density at radius 3 is 1.15 bits per heavy atom. The molecule has 0 saturated carbocycles. The number of rotatable bonds is 12. The summed E-state index contributed by atoms with van der Waals surface area (Å²) in [4.78, 5) is 38.5. The quantitative estimate of drug-likeness (QED) is 0.332. The summed E-state index contributed by atoms with van der Waals surface area (Å²) in [5.74, 6) is 0.226. The third kappa shape index (κ3) is 6.37. The third-order valence-corrected chi connectivity index (χ3v) is 8.84. The average molecular weight is 571 g/mol. The Kier molecular flexibility index (Phi) is 9.50. The van der Waals surface area contributed by atoms with E-state index in [1.807, 2.05) is 20.8 Å². The van der Waals surface area contributed by atoms with Crippen LogP contribution in [-0.2, 0) is 19.6 Å². The predicted octanol–water partition coefficient (Wildman–Crippen LogP) is 2.92. The van der Waals surface area contributed by atoms with E-state index in [-0.39, 0.29) is 33.9 Å². The van der Waals surface area contributed by atoms with Gasteiger partial charge in [-0.1, -0.05) is 0 Å². The van der Waals surface area contributed by atoms with E-state index in [1.54, 1.807) is 68.7 Å². The van der Waals surface area contributed by atoms with E-state index >= 15 is 0 Å². The van der Waals surface area contributed by atoms with E-state index < -0.39 is 22.7 Å². The van der Waals surface area contributed by atoms with Crippen LogP contribution in [0.4, 0.5) is 0 Å². The molecule has 180 valence electrons. The van der Waals surface area contributed by atoms with Gasteiger partial charge in [-0.3, -0.25) is 0 Å². The van der Waals surface area contributed by atoms with E-state index in [9.17, 15) is 14.4 Å². The fraction of sp³-hybridized carbons (Fsp3) is 0.375. The monoisotopic (exact) mass is 571 g/mol. The van der Waals surface area contributed by atoms with Gasteiger partial charge in [0.25, 0.3) is 0 Å². The summed E-state index contributed by atoms with van der Waals surface area (Å²) in [6.07, 6.45) is 7.41. The molecule has 0 unspecified atom stereocenters. The molecular formula is C24H30InN3O6. The fourth-order valence-corrected chi connectivity index (χ4v) is 7.17. The van der Waals surface area contributed by atoms with Crippen molar-refractivity contribution < 1.29 is 8.56 Å². The summed E-state index contributed by atoms with van der Waals surface area (Å²) in [5, 5.41) is 0. The Morgan fingerprint density at radius 1 is 0.588 bits per heavy atom. The van der Waals surface area contributed by atoms with Crippen molar-refractivity contribution in [3.63, 3.8) is 0 Å². The molecule has 0 bridgehead atoms. The van der Waals surface area contributed by atoms with Gasteiger partial charge < -0.3 is 0 Å². The molecule has 0 atom stereocenters. The van der Waals surface area contributed by atoms with Gasteiger partial charge in [0.05, 0.1) is 0 Å². The van der Waals surface area contributed by atoms with Crippen molar-refractivity contribution >= 4 is 22.7 Å². The average Bonchev–Trinajstić information content (AvgIpc) is 2.82. The minimum absolute atomic E-state index is 0.0754. The van der Waals surface area contributed by atoms with Crippen LogP contribution in [0.25, 0.3) is 0 Å². The van der Waals surface area contributed by atoms with Crippen LogP contribution < -0.4 is 25.2 Å². The van der Waals surface area contributed by atoms with Crippen molar-refractivity contribution in [2.45, 2.75) is 59.7 Å². The first-order chi connectivity index (χ1) is 16.5. The Bertz CT molecular complexity index is 1110. The van der Waals surface area contributed by atoms with E-state index in [2.05, 4.69) is 0 Å². The van der Waals surface area contributed by atoms with E-state index in [0.717, 1.165) is 19.3 Å². The molecule has 3 heterocycles. The number of nitrogens with zero attached hydrogens (tertiary/aromatic N) is 3. The maximum atomic E-state index is 12.8. The van der Waals surface area contributed by atoms with Crippen LogP contribution in [0.15, 0.2) is 69.4 Å². The molecule has 3 aromatic rings. The zero-order valence-electron chi connectivity index (χ0n) is 19.8. The summed E-state index contributed by atoms with van der Waals surface area (Å²) in [7, 11) is 0. The van der Waals surface area contributed by atoms with Crippen LogP contribution in [0.3, 0.4) is 0 Å². The number of aromatic nitrogens is 3. The van der Waals surface area contributed by atoms with Crippen LogP contribution in [0, 0.1) is 0 Å². The molecule has 3 rings (SSSR count). The molecule has 0 saturated heterocycles. The van der Waals surface area contributed by atoms with E-state index in [0.29, 0.717) is 19.6 Å². The molecular weight excluding hydrogens is 541 g/mol. The van der Waals surface area contributed by atoms with Gasteiger partial charge >= 0.3 is 208 Å².